The molecule has 0 aromatic heterocycles. The molecule has 3 heteroatoms. The zero-order valence-electron chi connectivity index (χ0n) is 9.69. The Morgan fingerprint density at radius 3 is 2.27 bits per heavy atom. The van der Waals surface area contributed by atoms with E-state index >= 15 is 0 Å². The van der Waals surface area contributed by atoms with Gasteiger partial charge in [0.15, 0.2) is 0 Å². The first-order valence-corrected chi connectivity index (χ1v) is 5.39. The highest BCUT2D eigenvalue weighted by atomic mass is 15.2. The van der Waals surface area contributed by atoms with Crippen molar-refractivity contribution in [3.63, 3.8) is 0 Å². The number of nitrogens with two attached hydrogens (primary N) is 1. The minimum Gasteiger partial charge on any atom is -0.373 e. The first kappa shape index (κ1) is 12.0. The lowest BCUT2D eigenvalue weighted by molar-refractivity contribution is 0.351. The van der Waals surface area contributed by atoms with Gasteiger partial charge < -0.3 is 15.5 Å². The molecule has 0 fully saturated rings. The lowest BCUT2D eigenvalue weighted by Gasteiger charge is -2.23. The van der Waals surface area contributed by atoms with Gasteiger partial charge in [-0.1, -0.05) is 18.2 Å². The number of anilines is 1. The molecule has 0 spiro atoms. The molecule has 0 heterocycles. The molecule has 0 aliphatic heterocycles. The van der Waals surface area contributed by atoms with Crippen LogP contribution in [0.5, 0.6) is 0 Å². The highest BCUT2D eigenvalue weighted by molar-refractivity contribution is 5.44. The van der Waals surface area contributed by atoms with Crippen LogP contribution in [0.4, 0.5) is 5.69 Å². The highest BCUT2D eigenvalue weighted by Crippen LogP contribution is 2.09. The molecule has 0 aliphatic carbocycles. The molecule has 0 amide bonds. The fourth-order valence-corrected chi connectivity index (χ4v) is 1.46. The molecule has 3 nitrogen and oxygen atoms in total. The van der Waals surface area contributed by atoms with Crippen LogP contribution in [0.1, 0.15) is 0 Å². The molecule has 0 aliphatic rings. The van der Waals surface area contributed by atoms with Crippen LogP contribution < -0.4 is 10.6 Å². The SMILES string of the molecule is CN(CCN)CCN(C)c1ccccc1. The van der Waals surface area contributed by atoms with Crippen molar-refractivity contribution < 1.29 is 0 Å². The summed E-state index contributed by atoms with van der Waals surface area (Å²) in [6.07, 6.45) is 0. The monoisotopic (exact) mass is 207 g/mol. The topological polar surface area (TPSA) is 32.5 Å². The average molecular weight is 207 g/mol. The summed E-state index contributed by atoms with van der Waals surface area (Å²) in [5, 5.41) is 0. The van der Waals surface area contributed by atoms with E-state index in [1.54, 1.807) is 0 Å². The van der Waals surface area contributed by atoms with Gasteiger partial charge in [0.2, 0.25) is 0 Å². The van der Waals surface area contributed by atoms with Crippen LogP contribution in [-0.4, -0.2) is 45.2 Å². The van der Waals surface area contributed by atoms with Crippen LogP contribution in [-0.2, 0) is 0 Å². The summed E-state index contributed by atoms with van der Waals surface area (Å²) >= 11 is 0. The van der Waals surface area contributed by atoms with Crippen LogP contribution in [0.15, 0.2) is 30.3 Å². The second kappa shape index (κ2) is 6.43. The Kier molecular flexibility index (Phi) is 5.15. The first-order valence-electron chi connectivity index (χ1n) is 5.39. The van der Waals surface area contributed by atoms with Crippen molar-refractivity contribution in [3.8, 4) is 0 Å². The van der Waals surface area contributed by atoms with Crippen molar-refractivity contribution >= 4 is 5.69 Å². The first-order chi connectivity index (χ1) is 7.24. The molecule has 0 atom stereocenters. The third-order valence-electron chi connectivity index (χ3n) is 2.52. The maximum atomic E-state index is 5.49. The van der Waals surface area contributed by atoms with Crippen LogP contribution in [0.25, 0.3) is 0 Å². The van der Waals surface area contributed by atoms with E-state index in [9.17, 15) is 0 Å². The number of rotatable bonds is 6. The van der Waals surface area contributed by atoms with E-state index < -0.39 is 0 Å². The Bertz CT molecular complexity index is 261. The third kappa shape index (κ3) is 4.32. The van der Waals surface area contributed by atoms with Crippen molar-refractivity contribution in [3.05, 3.63) is 30.3 Å². The molecule has 1 rings (SSSR count). The molecule has 0 saturated carbocycles. The maximum absolute atomic E-state index is 5.49. The fourth-order valence-electron chi connectivity index (χ4n) is 1.46. The Balaban J connectivity index is 2.33. The number of hydrogen-bond acceptors (Lipinski definition) is 3. The van der Waals surface area contributed by atoms with Gasteiger partial charge in [0.1, 0.15) is 0 Å². The van der Waals surface area contributed by atoms with Crippen LogP contribution in [0.3, 0.4) is 0 Å². The molecular formula is C12H21N3. The van der Waals surface area contributed by atoms with Gasteiger partial charge in [-0.3, -0.25) is 0 Å². The smallest absolute Gasteiger partial charge is 0.0364 e. The van der Waals surface area contributed by atoms with Gasteiger partial charge in [0.25, 0.3) is 0 Å². The van der Waals surface area contributed by atoms with Crippen LogP contribution in [0, 0.1) is 0 Å². The number of hydrogen-bond donors (Lipinski definition) is 1. The standard InChI is InChI=1S/C12H21N3/c1-14(9-8-13)10-11-15(2)12-6-4-3-5-7-12/h3-7H,8-11,13H2,1-2H3. The Morgan fingerprint density at radius 2 is 1.67 bits per heavy atom. The van der Waals surface area contributed by atoms with Crippen molar-refractivity contribution in [2.75, 3.05) is 45.2 Å². The minimum absolute atomic E-state index is 0.728. The lowest BCUT2D eigenvalue weighted by Crippen LogP contribution is -2.33. The number of likely N-dealkylation sites (N-methyl/N-ethyl adjacent to an activating group) is 2. The second-order valence-corrected chi connectivity index (χ2v) is 3.85. The highest BCUT2D eigenvalue weighted by Gasteiger charge is 2.01. The van der Waals surface area contributed by atoms with Gasteiger partial charge >= 0.3 is 0 Å². The normalized spacial score (nSPS) is 10.7. The molecule has 84 valence electrons. The van der Waals surface area contributed by atoms with Gasteiger partial charge in [-0.25, -0.2) is 0 Å². The van der Waals surface area contributed by atoms with E-state index in [0.29, 0.717) is 0 Å². The summed E-state index contributed by atoms with van der Waals surface area (Å²) in [5.74, 6) is 0. The van der Waals surface area contributed by atoms with Gasteiger partial charge in [-0.15, -0.1) is 0 Å². The van der Waals surface area contributed by atoms with E-state index in [-0.39, 0.29) is 0 Å². The largest absolute Gasteiger partial charge is 0.373 e. The Hall–Kier alpha value is -1.06. The maximum Gasteiger partial charge on any atom is 0.0364 e. The summed E-state index contributed by atoms with van der Waals surface area (Å²) < 4.78 is 0. The van der Waals surface area contributed by atoms with Gasteiger partial charge in [-0.2, -0.15) is 0 Å². The van der Waals surface area contributed by atoms with Gasteiger partial charge in [0.05, 0.1) is 0 Å². The molecule has 15 heavy (non-hydrogen) atoms. The molecule has 0 bridgehead atoms. The van der Waals surface area contributed by atoms with E-state index in [1.807, 2.05) is 6.07 Å². The van der Waals surface area contributed by atoms with Gasteiger partial charge in [-0.05, 0) is 19.2 Å². The molecule has 0 unspecified atom stereocenters. The number of para-hydroxylation sites is 1. The Labute approximate surface area is 92.5 Å². The van der Waals surface area contributed by atoms with E-state index in [2.05, 4.69) is 48.2 Å². The summed E-state index contributed by atoms with van der Waals surface area (Å²) in [6, 6.07) is 10.4. The zero-order chi connectivity index (χ0) is 11.1. The van der Waals surface area contributed by atoms with E-state index in [1.165, 1.54) is 5.69 Å². The molecule has 1 aromatic carbocycles. The number of benzene rings is 1. The lowest BCUT2D eigenvalue weighted by atomic mass is 10.3. The summed E-state index contributed by atoms with van der Waals surface area (Å²) in [7, 11) is 4.22. The van der Waals surface area contributed by atoms with E-state index in [4.69, 9.17) is 5.73 Å². The van der Waals surface area contributed by atoms with Crippen LogP contribution in [0.2, 0.25) is 0 Å². The molecule has 2 N–H and O–H groups in total. The molecule has 0 saturated heterocycles. The molecule has 1 aromatic rings. The van der Waals surface area contributed by atoms with Crippen molar-refractivity contribution in [1.82, 2.24) is 4.90 Å². The van der Waals surface area contributed by atoms with Crippen LogP contribution >= 0.6 is 0 Å². The Morgan fingerprint density at radius 1 is 1.00 bits per heavy atom. The predicted molar refractivity (Wildman–Crippen MR) is 66.3 cm³/mol. The van der Waals surface area contributed by atoms with Gasteiger partial charge in [0, 0.05) is 38.9 Å². The van der Waals surface area contributed by atoms with E-state index in [0.717, 1.165) is 26.2 Å². The minimum atomic E-state index is 0.728. The number of nitrogens with zero attached hydrogens (tertiary/aromatic N) is 2. The summed E-state index contributed by atoms with van der Waals surface area (Å²) in [4.78, 5) is 4.51. The predicted octanol–water partition coefficient (Wildman–Crippen LogP) is 1.01. The second-order valence-electron chi connectivity index (χ2n) is 3.85. The molecule has 0 radical (unpaired) electrons. The zero-order valence-corrected chi connectivity index (χ0v) is 9.69. The van der Waals surface area contributed by atoms with Crippen molar-refractivity contribution in [1.29, 1.82) is 0 Å². The quantitative estimate of drug-likeness (QED) is 0.756. The average Bonchev–Trinajstić information content (AvgIpc) is 2.27. The van der Waals surface area contributed by atoms with Crippen molar-refractivity contribution in [2.45, 2.75) is 0 Å². The third-order valence-corrected chi connectivity index (χ3v) is 2.52. The summed E-state index contributed by atoms with van der Waals surface area (Å²) in [5.41, 5.74) is 6.75. The van der Waals surface area contributed by atoms with Crippen molar-refractivity contribution in [2.24, 2.45) is 5.73 Å². The molecular weight excluding hydrogens is 186 g/mol. The fraction of sp³-hybridized carbons (Fsp3) is 0.500. The summed E-state index contributed by atoms with van der Waals surface area (Å²) in [6.45, 7) is 3.76.